The van der Waals surface area contributed by atoms with Gasteiger partial charge in [0.1, 0.15) is 0 Å². The van der Waals surface area contributed by atoms with Crippen LogP contribution in [0.2, 0.25) is 0 Å². The average Bonchev–Trinajstić information content (AvgIpc) is 2.74. The Morgan fingerprint density at radius 3 is 2.67 bits per heavy atom. The van der Waals surface area contributed by atoms with Crippen LogP contribution in [0.15, 0.2) is 30.6 Å². The van der Waals surface area contributed by atoms with Crippen LogP contribution in [0.5, 0.6) is 0 Å². The number of rotatable bonds is 3. The summed E-state index contributed by atoms with van der Waals surface area (Å²) in [5.41, 5.74) is -0.641. The van der Waals surface area contributed by atoms with Gasteiger partial charge in [-0.05, 0) is 28.7 Å². The molecule has 18 heavy (non-hydrogen) atoms. The molecule has 0 saturated heterocycles. The van der Waals surface area contributed by atoms with E-state index in [0.29, 0.717) is 0 Å². The Morgan fingerprint density at radius 1 is 1.44 bits per heavy atom. The van der Waals surface area contributed by atoms with Crippen LogP contribution in [0, 0.1) is 13.7 Å². The van der Waals surface area contributed by atoms with Gasteiger partial charge in [-0.1, -0.05) is 0 Å². The van der Waals surface area contributed by atoms with Crippen molar-refractivity contribution in [3.05, 3.63) is 49.8 Å². The predicted molar refractivity (Wildman–Crippen MR) is 67.9 cm³/mol. The molecule has 2 rings (SSSR count). The lowest BCUT2D eigenvalue weighted by molar-refractivity contribution is -0.385. The van der Waals surface area contributed by atoms with Crippen molar-refractivity contribution in [3.8, 4) is 5.69 Å². The lowest BCUT2D eigenvalue weighted by Crippen LogP contribution is -2.02. The Bertz CT molecular complexity index is 601. The molecule has 0 amide bonds. The third kappa shape index (κ3) is 2.47. The summed E-state index contributed by atoms with van der Waals surface area (Å²) in [4.78, 5) is 9.86. The van der Waals surface area contributed by atoms with E-state index in [-0.39, 0.29) is 11.4 Å². The second-order valence-corrected chi connectivity index (χ2v) is 4.65. The Kier molecular flexibility index (Phi) is 3.55. The van der Waals surface area contributed by atoms with E-state index in [1.165, 1.54) is 23.0 Å². The maximum atomic E-state index is 12.9. The Morgan fingerprint density at radius 2 is 2.17 bits per heavy atom. The lowest BCUT2D eigenvalue weighted by Gasteiger charge is -2.08. The molecule has 0 radical (unpaired) electrons. The predicted octanol–water partition coefficient (Wildman–Crippen LogP) is 3.32. The fourth-order valence-corrected chi connectivity index (χ4v) is 1.86. The van der Waals surface area contributed by atoms with Gasteiger partial charge in [-0.25, -0.2) is 13.5 Å². The van der Waals surface area contributed by atoms with Crippen molar-refractivity contribution < 1.29 is 13.7 Å². The molecule has 1 heterocycles. The van der Waals surface area contributed by atoms with Crippen LogP contribution in [0.3, 0.4) is 0 Å². The third-order valence-electron chi connectivity index (χ3n) is 2.25. The Balaban J connectivity index is 2.57. The van der Waals surface area contributed by atoms with Gasteiger partial charge in [0, 0.05) is 18.3 Å². The molecule has 1 aromatic heterocycles. The quantitative estimate of drug-likeness (QED) is 0.476. The number of non-ortho nitro benzene ring substituents is 1. The second-order valence-electron chi connectivity index (χ2n) is 3.40. The first-order chi connectivity index (χ1) is 8.49. The minimum atomic E-state index is -2.80. The number of aromatic nitrogens is 2. The molecular weight excluding hydrogens is 359 g/mol. The van der Waals surface area contributed by atoms with Crippen LogP contribution < -0.4 is 0 Å². The Labute approximate surface area is 114 Å². The number of benzene rings is 1. The molecule has 0 unspecified atom stereocenters. The average molecular weight is 365 g/mol. The molecule has 0 aliphatic rings. The van der Waals surface area contributed by atoms with Gasteiger partial charge in [0.05, 0.1) is 25.9 Å². The number of hydrogen-bond donors (Lipinski definition) is 0. The minimum absolute atomic E-state index is 0.138. The maximum Gasteiger partial charge on any atom is 0.270 e. The molecule has 0 atom stereocenters. The van der Waals surface area contributed by atoms with Crippen molar-refractivity contribution in [1.29, 1.82) is 0 Å². The van der Waals surface area contributed by atoms with Gasteiger partial charge in [-0.15, -0.1) is 0 Å². The first-order valence-electron chi connectivity index (χ1n) is 4.76. The molecule has 0 aliphatic carbocycles. The van der Waals surface area contributed by atoms with Crippen LogP contribution in [-0.4, -0.2) is 14.7 Å². The topological polar surface area (TPSA) is 61.0 Å². The standard InChI is InChI=1S/C10H6F2IN3O2/c11-10(12)8-3-7(16(17)18)1-2-9(8)15-5-6(13)4-14-15/h1-5,10H. The Hall–Kier alpha value is -1.58. The van der Waals surface area contributed by atoms with Crippen molar-refractivity contribution in [2.75, 3.05) is 0 Å². The van der Waals surface area contributed by atoms with Crippen LogP contribution >= 0.6 is 22.6 Å². The van der Waals surface area contributed by atoms with E-state index in [1.807, 2.05) is 22.6 Å². The fraction of sp³-hybridized carbons (Fsp3) is 0.100. The van der Waals surface area contributed by atoms with E-state index in [1.54, 1.807) is 6.20 Å². The van der Waals surface area contributed by atoms with Gasteiger partial charge in [0.15, 0.2) is 0 Å². The summed E-state index contributed by atoms with van der Waals surface area (Å²) in [6.45, 7) is 0. The highest BCUT2D eigenvalue weighted by atomic mass is 127. The highest BCUT2D eigenvalue weighted by Gasteiger charge is 2.19. The first kappa shape index (κ1) is 12.9. The molecule has 8 heteroatoms. The zero-order valence-electron chi connectivity index (χ0n) is 8.76. The third-order valence-corrected chi connectivity index (χ3v) is 2.81. The number of nitro groups is 1. The molecule has 94 valence electrons. The summed E-state index contributed by atoms with van der Waals surface area (Å²) >= 11 is 1.99. The summed E-state index contributed by atoms with van der Waals surface area (Å²) in [7, 11) is 0. The second kappa shape index (κ2) is 4.96. The number of hydrogen-bond acceptors (Lipinski definition) is 3. The molecule has 1 aromatic carbocycles. The van der Waals surface area contributed by atoms with Crippen molar-refractivity contribution in [3.63, 3.8) is 0 Å². The zero-order chi connectivity index (χ0) is 13.3. The molecular formula is C10H6F2IN3O2. The van der Waals surface area contributed by atoms with E-state index in [2.05, 4.69) is 5.10 Å². The summed E-state index contributed by atoms with van der Waals surface area (Å²) in [6.07, 6.45) is 0.270. The number of halogens is 3. The van der Waals surface area contributed by atoms with E-state index < -0.39 is 16.9 Å². The van der Waals surface area contributed by atoms with Gasteiger partial charge in [-0.3, -0.25) is 10.1 Å². The molecule has 0 saturated carbocycles. The van der Waals surface area contributed by atoms with Gasteiger partial charge >= 0.3 is 0 Å². The highest BCUT2D eigenvalue weighted by molar-refractivity contribution is 14.1. The van der Waals surface area contributed by atoms with E-state index in [4.69, 9.17) is 0 Å². The summed E-state index contributed by atoms with van der Waals surface area (Å²) < 4.78 is 27.8. The van der Waals surface area contributed by atoms with Crippen LogP contribution in [-0.2, 0) is 0 Å². The van der Waals surface area contributed by atoms with Crippen molar-refractivity contribution in [2.45, 2.75) is 6.43 Å². The van der Waals surface area contributed by atoms with E-state index in [9.17, 15) is 18.9 Å². The van der Waals surface area contributed by atoms with Crippen molar-refractivity contribution in [2.24, 2.45) is 0 Å². The van der Waals surface area contributed by atoms with Crippen LogP contribution in [0.1, 0.15) is 12.0 Å². The highest BCUT2D eigenvalue weighted by Crippen LogP contribution is 2.29. The van der Waals surface area contributed by atoms with Crippen molar-refractivity contribution in [1.82, 2.24) is 9.78 Å². The van der Waals surface area contributed by atoms with E-state index in [0.717, 1.165) is 9.64 Å². The van der Waals surface area contributed by atoms with Gasteiger partial charge in [0.25, 0.3) is 12.1 Å². The van der Waals surface area contributed by atoms with E-state index >= 15 is 0 Å². The lowest BCUT2D eigenvalue weighted by atomic mass is 10.1. The maximum absolute atomic E-state index is 12.9. The number of alkyl halides is 2. The minimum Gasteiger partial charge on any atom is -0.258 e. The molecule has 0 bridgehead atoms. The SMILES string of the molecule is O=[N+]([O-])c1ccc(-n2cc(I)cn2)c(C(F)F)c1. The van der Waals surface area contributed by atoms with Crippen molar-refractivity contribution >= 4 is 28.3 Å². The zero-order valence-corrected chi connectivity index (χ0v) is 10.9. The number of nitrogens with zero attached hydrogens (tertiary/aromatic N) is 3. The van der Waals surface area contributed by atoms with Gasteiger partial charge < -0.3 is 0 Å². The van der Waals surface area contributed by atoms with Crippen LogP contribution in [0.4, 0.5) is 14.5 Å². The molecule has 0 fully saturated rings. The number of nitro benzene ring substituents is 1. The molecule has 0 aliphatic heterocycles. The fourth-order valence-electron chi connectivity index (χ4n) is 1.47. The molecule has 0 N–H and O–H groups in total. The first-order valence-corrected chi connectivity index (χ1v) is 5.84. The normalized spacial score (nSPS) is 10.9. The van der Waals surface area contributed by atoms with Crippen LogP contribution in [0.25, 0.3) is 5.69 Å². The van der Waals surface area contributed by atoms with Gasteiger partial charge in [0.2, 0.25) is 0 Å². The van der Waals surface area contributed by atoms with Gasteiger partial charge in [-0.2, -0.15) is 5.10 Å². The molecule has 2 aromatic rings. The molecule has 5 nitrogen and oxygen atoms in total. The summed E-state index contributed by atoms with van der Waals surface area (Å²) in [5.74, 6) is 0. The summed E-state index contributed by atoms with van der Waals surface area (Å²) in [5, 5.41) is 14.5. The smallest absolute Gasteiger partial charge is 0.258 e. The molecule has 0 spiro atoms. The monoisotopic (exact) mass is 365 g/mol. The summed E-state index contributed by atoms with van der Waals surface area (Å²) in [6, 6.07) is 3.31. The largest absolute Gasteiger partial charge is 0.270 e.